The molecule has 6 nitrogen and oxygen atoms in total. The number of carbonyl (C=O) groups is 1. The number of thiazole rings is 1. The van der Waals surface area contributed by atoms with E-state index in [0.717, 1.165) is 16.9 Å². The summed E-state index contributed by atoms with van der Waals surface area (Å²) in [7, 11) is 3.05. The lowest BCUT2D eigenvalue weighted by Gasteiger charge is -2.14. The monoisotopic (exact) mass is 466 g/mol. The lowest BCUT2D eigenvalue weighted by Crippen LogP contribution is -2.20. The van der Waals surface area contributed by atoms with Gasteiger partial charge in [0.2, 0.25) is 0 Å². The van der Waals surface area contributed by atoms with Crippen LogP contribution in [0.5, 0.6) is 17.2 Å². The number of rotatable bonds is 7. The zero-order valence-corrected chi connectivity index (χ0v) is 18.6. The van der Waals surface area contributed by atoms with E-state index in [9.17, 15) is 18.0 Å². The van der Waals surface area contributed by atoms with Crippen LogP contribution in [-0.2, 0) is 0 Å². The highest BCUT2D eigenvalue weighted by atomic mass is 32.1. The Morgan fingerprint density at radius 2 is 1.75 bits per heavy atom. The lowest BCUT2D eigenvalue weighted by atomic mass is 10.2. The first-order valence-electron chi connectivity index (χ1n) is 9.42. The van der Waals surface area contributed by atoms with Crippen LogP contribution in [0.3, 0.4) is 0 Å². The molecule has 1 heterocycles. The Balaban J connectivity index is 1.85. The number of hydrogen-bond donors (Lipinski definition) is 1. The van der Waals surface area contributed by atoms with Gasteiger partial charge in [-0.3, -0.25) is 4.79 Å². The van der Waals surface area contributed by atoms with Crippen LogP contribution in [0.2, 0.25) is 0 Å². The zero-order chi connectivity index (χ0) is 23.5. The average molecular weight is 466 g/mol. The van der Waals surface area contributed by atoms with Gasteiger partial charge in [-0.2, -0.15) is 13.2 Å². The summed E-state index contributed by atoms with van der Waals surface area (Å²) in [6.07, 6.45) is -4.49. The van der Waals surface area contributed by atoms with Crippen molar-refractivity contribution < 1.29 is 32.2 Å². The molecule has 1 aromatic heterocycles. The molecule has 1 amide bonds. The summed E-state index contributed by atoms with van der Waals surface area (Å²) in [5, 5.41) is 3.22. The first kappa shape index (κ1) is 23.4. The molecule has 10 heteroatoms. The number of amides is 1. The van der Waals surface area contributed by atoms with Gasteiger partial charge in [-0.25, -0.2) is 4.98 Å². The minimum atomic E-state index is -4.49. The van der Waals surface area contributed by atoms with Crippen LogP contribution >= 0.6 is 11.3 Å². The summed E-state index contributed by atoms with van der Waals surface area (Å²) in [5.74, 6) is 0.536. The summed E-state index contributed by atoms with van der Waals surface area (Å²) in [4.78, 5) is 17.7. The van der Waals surface area contributed by atoms with Crippen molar-refractivity contribution in [2.24, 2.45) is 0 Å². The van der Waals surface area contributed by atoms with Crippen LogP contribution in [0.4, 0.5) is 18.9 Å². The molecule has 3 aromatic rings. The number of methoxy groups -OCH3 is 2. The van der Waals surface area contributed by atoms with Gasteiger partial charge in [0.05, 0.1) is 25.6 Å². The van der Waals surface area contributed by atoms with Gasteiger partial charge in [0.25, 0.3) is 5.91 Å². The predicted octanol–water partition coefficient (Wildman–Crippen LogP) is 5.64. The first-order valence-corrected chi connectivity index (χ1v) is 10.2. The smallest absolute Gasteiger partial charge is 0.422 e. The molecular formula is C22H21F3N2O4S. The van der Waals surface area contributed by atoms with Gasteiger partial charge in [0.1, 0.15) is 15.6 Å². The van der Waals surface area contributed by atoms with Crippen LogP contribution in [0.1, 0.15) is 20.9 Å². The summed E-state index contributed by atoms with van der Waals surface area (Å²) in [6, 6.07) is 9.90. The molecule has 3 rings (SSSR count). The highest BCUT2D eigenvalue weighted by Gasteiger charge is 2.29. The number of aryl methyl sites for hydroxylation is 2. The Bertz CT molecular complexity index is 1130. The van der Waals surface area contributed by atoms with E-state index in [1.807, 2.05) is 0 Å². The number of hydrogen-bond acceptors (Lipinski definition) is 6. The van der Waals surface area contributed by atoms with Gasteiger partial charge < -0.3 is 19.5 Å². The Morgan fingerprint density at radius 1 is 1.03 bits per heavy atom. The number of ether oxygens (including phenoxy) is 3. The molecule has 0 saturated carbocycles. The molecule has 2 aromatic carbocycles. The second-order valence-corrected chi connectivity index (χ2v) is 7.86. The van der Waals surface area contributed by atoms with Gasteiger partial charge in [-0.05, 0) is 49.7 Å². The maximum Gasteiger partial charge on any atom is 0.422 e. The van der Waals surface area contributed by atoms with E-state index >= 15 is 0 Å². The number of nitrogens with zero attached hydrogens (tertiary/aromatic N) is 1. The number of benzene rings is 2. The van der Waals surface area contributed by atoms with Crippen molar-refractivity contribution in [2.75, 3.05) is 26.1 Å². The second-order valence-electron chi connectivity index (χ2n) is 6.86. The van der Waals surface area contributed by atoms with Crippen molar-refractivity contribution in [3.8, 4) is 27.8 Å². The van der Waals surface area contributed by atoms with E-state index in [1.165, 1.54) is 26.4 Å². The van der Waals surface area contributed by atoms with Crippen molar-refractivity contribution >= 4 is 22.9 Å². The highest BCUT2D eigenvalue weighted by molar-refractivity contribution is 7.17. The molecule has 0 atom stereocenters. The second kappa shape index (κ2) is 9.47. The normalized spacial score (nSPS) is 11.2. The van der Waals surface area contributed by atoms with Crippen molar-refractivity contribution in [3.63, 3.8) is 0 Å². The molecular weight excluding hydrogens is 445 g/mol. The van der Waals surface area contributed by atoms with Crippen LogP contribution in [-0.4, -0.2) is 37.9 Å². The molecule has 0 spiro atoms. The topological polar surface area (TPSA) is 69.7 Å². The maximum absolute atomic E-state index is 12.9. The summed E-state index contributed by atoms with van der Waals surface area (Å²) >= 11 is 1.16. The molecule has 0 bridgehead atoms. The van der Waals surface area contributed by atoms with Gasteiger partial charge in [-0.15, -0.1) is 11.3 Å². The Kier molecular flexibility index (Phi) is 6.93. The van der Waals surface area contributed by atoms with E-state index in [-0.39, 0.29) is 11.4 Å². The van der Waals surface area contributed by atoms with E-state index in [4.69, 9.17) is 14.2 Å². The Hall–Kier alpha value is -3.27. The van der Waals surface area contributed by atoms with Gasteiger partial charge >= 0.3 is 6.18 Å². The molecule has 0 saturated heterocycles. The van der Waals surface area contributed by atoms with Crippen molar-refractivity contribution in [3.05, 3.63) is 52.5 Å². The summed E-state index contributed by atoms with van der Waals surface area (Å²) < 4.78 is 53.2. The van der Waals surface area contributed by atoms with Crippen molar-refractivity contribution in [2.45, 2.75) is 20.0 Å². The van der Waals surface area contributed by atoms with E-state index in [2.05, 4.69) is 10.3 Å². The predicted molar refractivity (Wildman–Crippen MR) is 116 cm³/mol. The quantitative estimate of drug-likeness (QED) is 0.488. The molecule has 0 aliphatic heterocycles. The molecule has 32 heavy (non-hydrogen) atoms. The van der Waals surface area contributed by atoms with Gasteiger partial charge in [0, 0.05) is 5.56 Å². The maximum atomic E-state index is 12.9. The van der Waals surface area contributed by atoms with Gasteiger partial charge in [0.15, 0.2) is 18.1 Å². The van der Waals surface area contributed by atoms with Gasteiger partial charge in [-0.1, -0.05) is 6.07 Å². The molecule has 170 valence electrons. The minimum Gasteiger partial charge on any atom is -0.493 e. The summed E-state index contributed by atoms with van der Waals surface area (Å²) in [6.45, 7) is 1.95. The van der Waals surface area contributed by atoms with Crippen LogP contribution in [0, 0.1) is 13.8 Å². The lowest BCUT2D eigenvalue weighted by molar-refractivity contribution is -0.153. The third kappa shape index (κ3) is 5.50. The van der Waals surface area contributed by atoms with E-state index in [1.54, 1.807) is 38.1 Å². The Labute approximate surface area is 187 Å². The van der Waals surface area contributed by atoms with E-state index < -0.39 is 18.7 Å². The molecule has 0 radical (unpaired) electrons. The van der Waals surface area contributed by atoms with Crippen molar-refractivity contribution in [1.29, 1.82) is 0 Å². The number of nitrogens with one attached hydrogen (secondary N) is 1. The van der Waals surface area contributed by atoms with Crippen LogP contribution in [0.25, 0.3) is 10.6 Å². The first-order chi connectivity index (χ1) is 15.1. The number of carbonyl (C=O) groups excluding carboxylic acids is 1. The third-order valence-electron chi connectivity index (χ3n) is 4.41. The fourth-order valence-electron chi connectivity index (χ4n) is 2.89. The SMILES string of the molecule is COc1ccc(-c2nc(C)c(C(=O)Nc3ccc(C)cc3OCC(F)(F)F)s2)cc1OC. The molecule has 1 N–H and O–H groups in total. The molecule has 0 fully saturated rings. The van der Waals surface area contributed by atoms with Crippen LogP contribution < -0.4 is 19.5 Å². The number of aromatic nitrogens is 1. The molecule has 0 aliphatic carbocycles. The fourth-order valence-corrected chi connectivity index (χ4v) is 3.85. The average Bonchev–Trinajstić information content (AvgIpc) is 3.14. The number of alkyl halides is 3. The zero-order valence-electron chi connectivity index (χ0n) is 17.8. The number of halogens is 3. The molecule has 0 aliphatic rings. The van der Waals surface area contributed by atoms with Crippen LogP contribution in [0.15, 0.2) is 36.4 Å². The van der Waals surface area contributed by atoms with Crippen molar-refractivity contribution in [1.82, 2.24) is 4.98 Å². The third-order valence-corrected chi connectivity index (χ3v) is 5.62. The largest absolute Gasteiger partial charge is 0.493 e. The standard InChI is InChI=1S/C22H21F3N2O4S/c1-12-5-7-15(17(9-12)31-11-22(23,24)25)27-20(28)19-13(2)26-21(32-19)14-6-8-16(29-3)18(10-14)30-4/h5-10H,11H2,1-4H3,(H,27,28). The minimum absolute atomic E-state index is 0.0574. The molecule has 0 unspecified atom stereocenters. The number of anilines is 1. The fraction of sp³-hybridized carbons (Fsp3) is 0.273. The summed E-state index contributed by atoms with van der Waals surface area (Å²) in [5.41, 5.74) is 2.07. The Morgan fingerprint density at radius 3 is 2.41 bits per heavy atom. The highest BCUT2D eigenvalue weighted by Crippen LogP contribution is 2.36. The van der Waals surface area contributed by atoms with E-state index in [0.29, 0.717) is 32.6 Å².